The number of imidazole rings is 1. The summed E-state index contributed by atoms with van der Waals surface area (Å²) in [4.78, 5) is 4.26. The van der Waals surface area contributed by atoms with E-state index in [1.165, 1.54) is 22.8 Å². The van der Waals surface area contributed by atoms with Crippen molar-refractivity contribution in [3.63, 3.8) is 0 Å². The molecule has 0 bridgehead atoms. The van der Waals surface area contributed by atoms with E-state index in [0.717, 1.165) is 12.6 Å². The van der Waals surface area contributed by atoms with E-state index in [4.69, 9.17) is 0 Å². The van der Waals surface area contributed by atoms with E-state index in [2.05, 4.69) is 83.0 Å². The average Bonchev–Trinajstić information content (AvgIpc) is 3.15. The van der Waals surface area contributed by atoms with Crippen molar-refractivity contribution in [1.29, 1.82) is 0 Å². The van der Waals surface area contributed by atoms with Crippen LogP contribution >= 0.6 is 0 Å². The summed E-state index contributed by atoms with van der Waals surface area (Å²) in [5.74, 6) is 0. The van der Waals surface area contributed by atoms with Crippen LogP contribution in [0, 0.1) is 0 Å². The van der Waals surface area contributed by atoms with Crippen molar-refractivity contribution < 1.29 is 0 Å². The first-order valence-corrected chi connectivity index (χ1v) is 10.9. The molecule has 0 atom stereocenters. The average molecular weight is 333 g/mol. The monoisotopic (exact) mass is 332 g/mol. The van der Waals surface area contributed by atoms with Gasteiger partial charge in [-0.1, -0.05) is 83.5 Å². The van der Waals surface area contributed by atoms with Crippen LogP contribution in [0.1, 0.15) is 12.8 Å². The van der Waals surface area contributed by atoms with Gasteiger partial charge >= 0.3 is 0 Å². The molecule has 0 N–H and O–H groups in total. The van der Waals surface area contributed by atoms with Crippen LogP contribution in [0.2, 0.25) is 6.04 Å². The predicted octanol–water partition coefficient (Wildman–Crippen LogP) is 3.65. The van der Waals surface area contributed by atoms with Crippen LogP contribution in [0.3, 0.4) is 0 Å². The van der Waals surface area contributed by atoms with Gasteiger partial charge in [-0.25, -0.2) is 4.98 Å². The van der Waals surface area contributed by atoms with Crippen LogP contribution in [0.5, 0.6) is 0 Å². The van der Waals surface area contributed by atoms with Gasteiger partial charge in [-0.15, -0.1) is 6.58 Å². The highest BCUT2D eigenvalue weighted by molar-refractivity contribution is 7.01. The maximum Gasteiger partial charge on any atom is 0.137 e. The summed E-state index contributed by atoms with van der Waals surface area (Å²) < 4.78 is 2.25. The number of hydrogen-bond acceptors (Lipinski definition) is 1. The van der Waals surface area contributed by atoms with Gasteiger partial charge in [0.25, 0.3) is 0 Å². The lowest BCUT2D eigenvalue weighted by Gasteiger charge is -2.33. The molecule has 0 saturated carbocycles. The molecule has 3 heteroatoms. The number of allylic oxidation sites excluding steroid dienone is 1. The number of hydrogen-bond donors (Lipinski definition) is 0. The molecule has 2 nitrogen and oxygen atoms in total. The standard InChI is InChI=1S/C21H24N2Si/c1-2-3-10-17-24(19-23-16-15-22-18-23,20-11-6-4-7-12-20)21-13-8-5-9-14-21/h2,4-9,11-16,18H,1,3,10,17,19H2. The molecular weight excluding hydrogens is 308 g/mol. The van der Waals surface area contributed by atoms with Gasteiger partial charge < -0.3 is 4.57 Å². The van der Waals surface area contributed by atoms with E-state index in [1.54, 1.807) is 0 Å². The van der Waals surface area contributed by atoms with Crippen LogP contribution in [-0.2, 0) is 6.17 Å². The molecule has 0 saturated heterocycles. The smallest absolute Gasteiger partial charge is 0.137 e. The lowest BCUT2D eigenvalue weighted by molar-refractivity contribution is 0.834. The first-order chi connectivity index (χ1) is 11.8. The zero-order valence-electron chi connectivity index (χ0n) is 14.0. The van der Waals surface area contributed by atoms with Crippen LogP contribution in [0.15, 0.2) is 92.0 Å². The lowest BCUT2D eigenvalue weighted by atomic mass is 10.3. The Labute approximate surface area is 145 Å². The lowest BCUT2D eigenvalue weighted by Crippen LogP contribution is -2.61. The Bertz CT molecular complexity index is 697. The number of benzene rings is 2. The highest BCUT2D eigenvalue weighted by Crippen LogP contribution is 2.18. The number of unbranched alkanes of at least 4 members (excludes halogenated alkanes) is 1. The van der Waals surface area contributed by atoms with Gasteiger partial charge in [0.15, 0.2) is 0 Å². The van der Waals surface area contributed by atoms with Crippen molar-refractivity contribution in [3.05, 3.63) is 92.0 Å². The Morgan fingerprint density at radius 1 is 0.958 bits per heavy atom. The third kappa shape index (κ3) is 3.57. The second-order valence-corrected chi connectivity index (χ2v) is 10.4. The van der Waals surface area contributed by atoms with Crippen LogP contribution in [-0.4, -0.2) is 17.6 Å². The molecule has 3 aromatic rings. The molecule has 122 valence electrons. The molecule has 24 heavy (non-hydrogen) atoms. The van der Waals surface area contributed by atoms with Gasteiger partial charge in [0.05, 0.1) is 6.33 Å². The van der Waals surface area contributed by atoms with Gasteiger partial charge in [-0.05, 0) is 12.5 Å². The van der Waals surface area contributed by atoms with Gasteiger partial charge in [0, 0.05) is 18.6 Å². The molecule has 3 rings (SSSR count). The summed E-state index contributed by atoms with van der Waals surface area (Å²) in [6.07, 6.45) is 11.2. The van der Waals surface area contributed by atoms with E-state index in [-0.39, 0.29) is 0 Å². The summed E-state index contributed by atoms with van der Waals surface area (Å²) in [5, 5.41) is 2.99. The Morgan fingerprint density at radius 3 is 2.08 bits per heavy atom. The second kappa shape index (κ2) is 7.93. The van der Waals surface area contributed by atoms with Gasteiger partial charge in [0.2, 0.25) is 0 Å². The third-order valence-electron chi connectivity index (χ3n) is 4.68. The van der Waals surface area contributed by atoms with Crippen molar-refractivity contribution in [2.45, 2.75) is 25.1 Å². The van der Waals surface area contributed by atoms with Gasteiger partial charge in [-0.2, -0.15) is 0 Å². The van der Waals surface area contributed by atoms with Crippen molar-refractivity contribution >= 4 is 18.4 Å². The Kier molecular flexibility index (Phi) is 5.44. The molecule has 0 aliphatic heterocycles. The second-order valence-electron chi connectivity index (χ2n) is 6.23. The van der Waals surface area contributed by atoms with Crippen LogP contribution < -0.4 is 10.4 Å². The first kappa shape index (κ1) is 16.5. The summed E-state index contributed by atoms with van der Waals surface area (Å²) in [6.45, 7) is 3.90. The highest BCUT2D eigenvalue weighted by atomic mass is 28.3. The van der Waals surface area contributed by atoms with Crippen molar-refractivity contribution in [3.8, 4) is 0 Å². The fraction of sp³-hybridized carbons (Fsp3) is 0.190. The minimum Gasteiger partial charge on any atom is -0.340 e. The molecule has 0 aliphatic carbocycles. The fourth-order valence-corrected chi connectivity index (χ4v) is 8.18. The van der Waals surface area contributed by atoms with E-state index >= 15 is 0 Å². The van der Waals surface area contributed by atoms with E-state index < -0.39 is 8.07 Å². The summed E-state index contributed by atoms with van der Waals surface area (Å²) in [5.41, 5.74) is 0. The largest absolute Gasteiger partial charge is 0.340 e. The fourth-order valence-electron chi connectivity index (χ4n) is 3.47. The Morgan fingerprint density at radius 2 is 1.58 bits per heavy atom. The van der Waals surface area contributed by atoms with Crippen molar-refractivity contribution in [1.82, 2.24) is 9.55 Å². The van der Waals surface area contributed by atoms with Crippen molar-refractivity contribution in [2.75, 3.05) is 0 Å². The molecule has 0 radical (unpaired) electrons. The quantitative estimate of drug-likeness (QED) is 0.350. The van der Waals surface area contributed by atoms with Crippen molar-refractivity contribution in [2.24, 2.45) is 0 Å². The first-order valence-electron chi connectivity index (χ1n) is 8.53. The highest BCUT2D eigenvalue weighted by Gasteiger charge is 2.36. The van der Waals surface area contributed by atoms with E-state index in [9.17, 15) is 0 Å². The molecule has 0 unspecified atom stereocenters. The molecule has 0 amide bonds. The Hall–Kier alpha value is -2.39. The summed E-state index contributed by atoms with van der Waals surface area (Å²) >= 11 is 0. The number of nitrogens with zero attached hydrogens (tertiary/aromatic N) is 2. The third-order valence-corrected chi connectivity index (χ3v) is 9.67. The van der Waals surface area contributed by atoms with Crippen LogP contribution in [0.4, 0.5) is 0 Å². The molecule has 1 heterocycles. The maximum atomic E-state index is 4.26. The van der Waals surface area contributed by atoms with E-state index in [1.807, 2.05) is 18.6 Å². The molecule has 0 fully saturated rings. The summed E-state index contributed by atoms with van der Waals surface area (Å²) in [6, 6.07) is 23.3. The van der Waals surface area contributed by atoms with Crippen LogP contribution in [0.25, 0.3) is 0 Å². The minimum atomic E-state index is -1.91. The predicted molar refractivity (Wildman–Crippen MR) is 104 cm³/mol. The summed E-state index contributed by atoms with van der Waals surface area (Å²) in [7, 11) is -1.91. The molecule has 0 aliphatic rings. The zero-order chi connectivity index (χ0) is 16.7. The minimum absolute atomic E-state index is 1.03. The van der Waals surface area contributed by atoms with Gasteiger partial charge in [0.1, 0.15) is 8.07 Å². The molecule has 1 aromatic heterocycles. The normalized spacial score (nSPS) is 11.3. The Balaban J connectivity index is 2.09. The SMILES string of the molecule is C=CCCC[Si](Cn1ccnc1)(c1ccccc1)c1ccccc1. The van der Waals surface area contributed by atoms with E-state index in [0.29, 0.717) is 0 Å². The van der Waals surface area contributed by atoms with Gasteiger partial charge in [-0.3, -0.25) is 0 Å². The zero-order valence-corrected chi connectivity index (χ0v) is 15.0. The number of aromatic nitrogens is 2. The molecule has 2 aromatic carbocycles. The number of rotatable bonds is 8. The molecule has 0 spiro atoms. The topological polar surface area (TPSA) is 17.8 Å². The molecular formula is C21H24N2Si. The maximum absolute atomic E-state index is 4.26.